The van der Waals surface area contributed by atoms with E-state index in [1.54, 1.807) is 4.90 Å². The summed E-state index contributed by atoms with van der Waals surface area (Å²) in [5.74, 6) is 0. The Hall–Kier alpha value is -0.770. The molecule has 1 atom stereocenters. The number of carbonyl (C=O) groups excluding carboxylic acids is 1. The van der Waals surface area contributed by atoms with Crippen LogP contribution in [0, 0.1) is 0 Å². The second-order valence-corrected chi connectivity index (χ2v) is 4.97. The highest BCUT2D eigenvalue weighted by molar-refractivity contribution is 5.68. The fourth-order valence-electron chi connectivity index (χ4n) is 1.71. The van der Waals surface area contributed by atoms with Gasteiger partial charge in [-0.05, 0) is 33.7 Å². The summed E-state index contributed by atoms with van der Waals surface area (Å²) in [5, 5.41) is 3.34. The average molecular weight is 214 g/mol. The quantitative estimate of drug-likeness (QED) is 0.759. The molecule has 1 N–H and O–H groups in total. The van der Waals surface area contributed by atoms with Crippen LogP contribution in [0.1, 0.15) is 34.1 Å². The predicted molar refractivity (Wildman–Crippen MR) is 59.9 cm³/mol. The molecule has 0 aliphatic carbocycles. The summed E-state index contributed by atoms with van der Waals surface area (Å²) in [7, 11) is 0. The average Bonchev–Trinajstić information content (AvgIpc) is 2.50. The minimum atomic E-state index is -0.395. The minimum absolute atomic E-state index is 0.192. The van der Waals surface area contributed by atoms with Gasteiger partial charge in [0.25, 0.3) is 0 Å². The van der Waals surface area contributed by atoms with E-state index in [2.05, 4.69) is 12.2 Å². The van der Waals surface area contributed by atoms with Crippen molar-refractivity contribution in [2.24, 2.45) is 0 Å². The summed E-state index contributed by atoms with van der Waals surface area (Å²) in [4.78, 5) is 13.5. The zero-order valence-electron chi connectivity index (χ0n) is 10.2. The molecule has 0 radical (unpaired) electrons. The van der Waals surface area contributed by atoms with E-state index in [1.165, 1.54) is 0 Å². The van der Waals surface area contributed by atoms with Gasteiger partial charge >= 0.3 is 6.09 Å². The number of likely N-dealkylation sites (N-methyl/N-ethyl adjacent to an activating group) is 1. The number of hydrogen-bond donors (Lipinski definition) is 1. The monoisotopic (exact) mass is 214 g/mol. The van der Waals surface area contributed by atoms with Gasteiger partial charge in [0.2, 0.25) is 0 Å². The molecule has 0 saturated carbocycles. The lowest BCUT2D eigenvalue weighted by molar-refractivity contribution is 0.0291. The van der Waals surface area contributed by atoms with E-state index < -0.39 is 5.60 Å². The van der Waals surface area contributed by atoms with Crippen LogP contribution in [0.25, 0.3) is 0 Å². The van der Waals surface area contributed by atoms with Crippen molar-refractivity contribution in [2.45, 2.75) is 45.8 Å². The van der Waals surface area contributed by atoms with Crippen molar-refractivity contribution >= 4 is 6.09 Å². The number of nitrogens with one attached hydrogen (secondary N) is 1. The molecule has 0 bridgehead atoms. The SMILES string of the molecule is CCNC1CCN(C(=O)OC(C)(C)C)C1. The zero-order valence-corrected chi connectivity index (χ0v) is 10.2. The molecule has 1 fully saturated rings. The molecule has 88 valence electrons. The topological polar surface area (TPSA) is 41.6 Å². The number of hydrogen-bond acceptors (Lipinski definition) is 3. The van der Waals surface area contributed by atoms with Crippen LogP contribution in [0.4, 0.5) is 4.79 Å². The molecule has 0 aromatic rings. The van der Waals surface area contributed by atoms with Crippen molar-refractivity contribution < 1.29 is 9.53 Å². The van der Waals surface area contributed by atoms with Gasteiger partial charge in [-0.25, -0.2) is 4.79 Å². The fraction of sp³-hybridized carbons (Fsp3) is 0.909. The van der Waals surface area contributed by atoms with Gasteiger partial charge in [0.05, 0.1) is 0 Å². The summed E-state index contributed by atoms with van der Waals surface area (Å²) >= 11 is 0. The molecule has 1 saturated heterocycles. The van der Waals surface area contributed by atoms with Gasteiger partial charge in [0.15, 0.2) is 0 Å². The standard InChI is InChI=1S/C11H22N2O2/c1-5-12-9-6-7-13(8-9)10(14)15-11(2,3)4/h9,12H,5-8H2,1-4H3. The van der Waals surface area contributed by atoms with Crippen LogP contribution >= 0.6 is 0 Å². The predicted octanol–water partition coefficient (Wildman–Crippen LogP) is 1.61. The van der Waals surface area contributed by atoms with E-state index in [9.17, 15) is 4.79 Å². The molecule has 1 aliphatic heterocycles. The third-order valence-electron chi connectivity index (χ3n) is 2.33. The van der Waals surface area contributed by atoms with E-state index in [1.807, 2.05) is 20.8 Å². The van der Waals surface area contributed by atoms with Gasteiger partial charge in [0, 0.05) is 19.1 Å². The second-order valence-electron chi connectivity index (χ2n) is 4.97. The molecule has 0 aromatic heterocycles. The van der Waals surface area contributed by atoms with E-state index in [0.717, 1.165) is 26.1 Å². The minimum Gasteiger partial charge on any atom is -0.444 e. The van der Waals surface area contributed by atoms with Crippen LogP contribution in [0.2, 0.25) is 0 Å². The van der Waals surface area contributed by atoms with Crippen molar-refractivity contribution in [3.63, 3.8) is 0 Å². The van der Waals surface area contributed by atoms with E-state index in [0.29, 0.717) is 6.04 Å². The summed E-state index contributed by atoms with van der Waals surface area (Å²) in [5.41, 5.74) is -0.395. The Morgan fingerprint density at radius 3 is 2.73 bits per heavy atom. The molecule has 0 spiro atoms. The van der Waals surface area contributed by atoms with E-state index in [-0.39, 0.29) is 6.09 Å². The molecule has 4 heteroatoms. The van der Waals surface area contributed by atoms with Crippen LogP contribution in [-0.4, -0.2) is 42.3 Å². The van der Waals surface area contributed by atoms with Crippen molar-refractivity contribution in [2.75, 3.05) is 19.6 Å². The Kier molecular flexibility index (Phi) is 3.97. The molecule has 1 unspecified atom stereocenters. The largest absolute Gasteiger partial charge is 0.444 e. The Morgan fingerprint density at radius 2 is 2.20 bits per heavy atom. The first-order chi connectivity index (χ1) is 6.92. The van der Waals surface area contributed by atoms with Crippen LogP contribution < -0.4 is 5.32 Å². The van der Waals surface area contributed by atoms with Crippen molar-refractivity contribution in [3.8, 4) is 0 Å². The number of rotatable bonds is 2. The van der Waals surface area contributed by atoms with Crippen LogP contribution in [0.15, 0.2) is 0 Å². The highest BCUT2D eigenvalue weighted by Gasteiger charge is 2.28. The lowest BCUT2D eigenvalue weighted by atomic mass is 10.2. The Morgan fingerprint density at radius 1 is 1.53 bits per heavy atom. The second kappa shape index (κ2) is 4.84. The summed E-state index contributed by atoms with van der Waals surface area (Å²) in [6.07, 6.45) is 0.829. The normalized spacial score (nSPS) is 21.9. The molecular formula is C11H22N2O2. The third-order valence-corrected chi connectivity index (χ3v) is 2.33. The number of nitrogens with zero attached hydrogens (tertiary/aromatic N) is 1. The molecule has 1 rings (SSSR count). The van der Waals surface area contributed by atoms with Gasteiger partial charge in [-0.2, -0.15) is 0 Å². The van der Waals surface area contributed by atoms with Gasteiger partial charge < -0.3 is 15.0 Å². The molecule has 1 heterocycles. The van der Waals surface area contributed by atoms with Crippen molar-refractivity contribution in [3.05, 3.63) is 0 Å². The van der Waals surface area contributed by atoms with Gasteiger partial charge in [-0.15, -0.1) is 0 Å². The first-order valence-electron chi connectivity index (χ1n) is 5.63. The van der Waals surface area contributed by atoms with Crippen LogP contribution in [-0.2, 0) is 4.74 Å². The maximum atomic E-state index is 11.7. The molecule has 0 aromatic carbocycles. The molecule has 1 aliphatic rings. The number of likely N-dealkylation sites (tertiary alicyclic amines) is 1. The maximum Gasteiger partial charge on any atom is 0.410 e. The first kappa shape index (κ1) is 12.3. The summed E-state index contributed by atoms with van der Waals surface area (Å²) in [6, 6.07) is 0.433. The van der Waals surface area contributed by atoms with Crippen LogP contribution in [0.3, 0.4) is 0 Å². The van der Waals surface area contributed by atoms with Crippen molar-refractivity contribution in [1.29, 1.82) is 0 Å². The maximum absolute atomic E-state index is 11.7. The summed E-state index contributed by atoms with van der Waals surface area (Å²) in [6.45, 7) is 10.3. The highest BCUT2D eigenvalue weighted by atomic mass is 16.6. The van der Waals surface area contributed by atoms with Gasteiger partial charge in [-0.1, -0.05) is 6.92 Å². The zero-order chi connectivity index (χ0) is 11.5. The first-order valence-corrected chi connectivity index (χ1v) is 5.63. The smallest absolute Gasteiger partial charge is 0.410 e. The summed E-state index contributed by atoms with van der Waals surface area (Å²) < 4.78 is 5.31. The van der Waals surface area contributed by atoms with Gasteiger partial charge in [-0.3, -0.25) is 0 Å². The Bertz CT molecular complexity index is 223. The molecule has 1 amide bonds. The van der Waals surface area contributed by atoms with E-state index >= 15 is 0 Å². The lowest BCUT2D eigenvalue weighted by Gasteiger charge is -2.24. The lowest BCUT2D eigenvalue weighted by Crippen LogP contribution is -2.38. The van der Waals surface area contributed by atoms with Crippen molar-refractivity contribution in [1.82, 2.24) is 10.2 Å². The van der Waals surface area contributed by atoms with Gasteiger partial charge in [0.1, 0.15) is 5.60 Å². The Labute approximate surface area is 92.0 Å². The Balaban J connectivity index is 2.37. The number of amides is 1. The molecule has 4 nitrogen and oxygen atoms in total. The number of ether oxygens (including phenoxy) is 1. The highest BCUT2D eigenvalue weighted by Crippen LogP contribution is 2.14. The van der Waals surface area contributed by atoms with E-state index in [4.69, 9.17) is 4.74 Å². The molecule has 15 heavy (non-hydrogen) atoms. The molecular weight excluding hydrogens is 192 g/mol. The number of carbonyl (C=O) groups is 1. The third kappa shape index (κ3) is 4.08. The van der Waals surface area contributed by atoms with Crippen LogP contribution in [0.5, 0.6) is 0 Å². The fourth-order valence-corrected chi connectivity index (χ4v) is 1.71.